The number of nitrogens with zero attached hydrogens (tertiary/aromatic N) is 3. The first kappa shape index (κ1) is 14.0. The fraction of sp³-hybridized carbons (Fsp3) is 0.500. The van der Waals surface area contributed by atoms with Gasteiger partial charge in [-0.25, -0.2) is 9.59 Å². The highest BCUT2D eigenvalue weighted by atomic mass is 16.4. The van der Waals surface area contributed by atoms with Crippen LogP contribution >= 0.6 is 0 Å². The van der Waals surface area contributed by atoms with Gasteiger partial charge in [0, 0.05) is 7.05 Å². The molecule has 0 aliphatic carbocycles. The number of amides is 3. The molecular weight excluding hydrogens is 264 g/mol. The molecule has 0 bridgehead atoms. The minimum absolute atomic E-state index is 0.0156. The molecule has 0 saturated carbocycles. The summed E-state index contributed by atoms with van der Waals surface area (Å²) < 4.78 is 1.35. The molecule has 1 unspecified atom stereocenters. The first-order valence-electron chi connectivity index (χ1n) is 6.18. The molecule has 1 aliphatic rings. The standard InChI is InChI=1S/C12H16N4O4/c1-4-12(2)10(19)16(11(20)14-12)6-8-7(9(17)18)5-13-15(8)3/h5H,4,6H2,1-3H3,(H,14,20)(H,17,18). The van der Waals surface area contributed by atoms with E-state index in [1.165, 1.54) is 10.9 Å². The first-order chi connectivity index (χ1) is 9.30. The maximum Gasteiger partial charge on any atom is 0.339 e. The molecule has 2 rings (SSSR count). The normalized spacial score (nSPS) is 22.2. The largest absolute Gasteiger partial charge is 0.478 e. The third kappa shape index (κ3) is 2.02. The van der Waals surface area contributed by atoms with Crippen LogP contribution in [0.2, 0.25) is 0 Å². The molecule has 2 heterocycles. The summed E-state index contributed by atoms with van der Waals surface area (Å²) in [6, 6.07) is -0.517. The van der Waals surface area contributed by atoms with Crippen molar-refractivity contribution in [2.24, 2.45) is 7.05 Å². The lowest BCUT2D eigenvalue weighted by molar-refractivity contribution is -0.131. The molecule has 0 spiro atoms. The first-order valence-corrected chi connectivity index (χ1v) is 6.18. The number of carboxylic acids is 1. The number of carbonyl (C=O) groups excluding carboxylic acids is 2. The lowest BCUT2D eigenvalue weighted by Crippen LogP contribution is -2.43. The number of carboxylic acid groups (broad SMARTS) is 1. The Kier molecular flexibility index (Phi) is 3.24. The predicted octanol–water partition coefficient (Wildman–Crippen LogP) is 0.339. The molecule has 108 valence electrons. The zero-order valence-corrected chi connectivity index (χ0v) is 11.5. The van der Waals surface area contributed by atoms with E-state index in [1.54, 1.807) is 20.9 Å². The summed E-state index contributed by atoms with van der Waals surface area (Å²) in [5.74, 6) is -1.50. The number of aromatic carboxylic acids is 1. The molecule has 1 aromatic rings. The van der Waals surface area contributed by atoms with Crippen LogP contribution in [0.1, 0.15) is 36.3 Å². The lowest BCUT2D eigenvalue weighted by Gasteiger charge is -2.19. The van der Waals surface area contributed by atoms with Crippen molar-refractivity contribution in [2.75, 3.05) is 0 Å². The molecule has 0 aromatic carbocycles. The van der Waals surface area contributed by atoms with E-state index >= 15 is 0 Å². The van der Waals surface area contributed by atoms with E-state index in [2.05, 4.69) is 10.4 Å². The smallest absolute Gasteiger partial charge is 0.339 e. The van der Waals surface area contributed by atoms with Gasteiger partial charge in [-0.2, -0.15) is 5.10 Å². The van der Waals surface area contributed by atoms with E-state index in [1.807, 2.05) is 0 Å². The second kappa shape index (κ2) is 4.62. The molecule has 1 fully saturated rings. The van der Waals surface area contributed by atoms with Gasteiger partial charge in [0.1, 0.15) is 11.1 Å². The van der Waals surface area contributed by atoms with Crippen molar-refractivity contribution in [3.8, 4) is 0 Å². The predicted molar refractivity (Wildman–Crippen MR) is 67.9 cm³/mol. The molecule has 1 aliphatic heterocycles. The second-order valence-electron chi connectivity index (χ2n) is 4.94. The summed E-state index contributed by atoms with van der Waals surface area (Å²) in [6.07, 6.45) is 1.67. The minimum Gasteiger partial charge on any atom is -0.478 e. The molecule has 3 amide bonds. The fourth-order valence-corrected chi connectivity index (χ4v) is 2.11. The average Bonchev–Trinajstić information content (AvgIpc) is 2.84. The molecule has 1 atom stereocenters. The van der Waals surface area contributed by atoms with E-state index in [9.17, 15) is 14.4 Å². The highest BCUT2D eigenvalue weighted by Crippen LogP contribution is 2.23. The minimum atomic E-state index is -1.14. The maximum absolute atomic E-state index is 12.3. The molecule has 2 N–H and O–H groups in total. The number of hydrogen-bond acceptors (Lipinski definition) is 4. The topological polar surface area (TPSA) is 105 Å². The van der Waals surface area contributed by atoms with Gasteiger partial charge in [0.05, 0.1) is 18.4 Å². The quantitative estimate of drug-likeness (QED) is 0.774. The number of aromatic nitrogens is 2. The maximum atomic E-state index is 12.3. The number of carbonyl (C=O) groups is 3. The molecule has 1 saturated heterocycles. The molecule has 20 heavy (non-hydrogen) atoms. The van der Waals surface area contributed by atoms with Gasteiger partial charge in [0.2, 0.25) is 0 Å². The van der Waals surface area contributed by atoms with Crippen LogP contribution < -0.4 is 5.32 Å². The number of imide groups is 1. The molecule has 8 nitrogen and oxygen atoms in total. The summed E-state index contributed by atoms with van der Waals surface area (Å²) in [5.41, 5.74) is -0.640. The molecule has 8 heteroatoms. The lowest BCUT2D eigenvalue weighted by atomic mass is 9.99. The van der Waals surface area contributed by atoms with Crippen molar-refractivity contribution in [3.63, 3.8) is 0 Å². The summed E-state index contributed by atoms with van der Waals surface area (Å²) in [7, 11) is 1.57. The van der Waals surface area contributed by atoms with Gasteiger partial charge in [0.25, 0.3) is 5.91 Å². The van der Waals surface area contributed by atoms with Gasteiger partial charge in [-0.1, -0.05) is 6.92 Å². The van der Waals surface area contributed by atoms with E-state index in [0.29, 0.717) is 12.1 Å². The van der Waals surface area contributed by atoms with Crippen LogP contribution in [-0.4, -0.2) is 43.2 Å². The highest BCUT2D eigenvalue weighted by molar-refractivity contribution is 6.06. The SMILES string of the molecule is CCC1(C)NC(=O)N(Cc2c(C(=O)O)cnn2C)C1=O. The van der Waals surface area contributed by atoms with Gasteiger partial charge in [-0.15, -0.1) is 0 Å². The Labute approximate surface area is 115 Å². The summed E-state index contributed by atoms with van der Waals surface area (Å²) >= 11 is 0. The van der Waals surface area contributed by atoms with Crippen molar-refractivity contribution >= 4 is 17.9 Å². The van der Waals surface area contributed by atoms with Crippen LogP contribution in [0, 0.1) is 0 Å². The van der Waals surface area contributed by atoms with Crippen LogP contribution in [0.3, 0.4) is 0 Å². The fourth-order valence-electron chi connectivity index (χ4n) is 2.11. The zero-order chi connectivity index (χ0) is 15.1. The van der Waals surface area contributed by atoms with Crippen molar-refractivity contribution < 1.29 is 19.5 Å². The van der Waals surface area contributed by atoms with E-state index in [-0.39, 0.29) is 18.0 Å². The average molecular weight is 280 g/mol. The highest BCUT2D eigenvalue weighted by Gasteiger charge is 2.46. The third-order valence-electron chi connectivity index (χ3n) is 3.65. The van der Waals surface area contributed by atoms with Crippen molar-refractivity contribution in [2.45, 2.75) is 32.4 Å². The third-order valence-corrected chi connectivity index (χ3v) is 3.65. The van der Waals surface area contributed by atoms with Gasteiger partial charge in [0.15, 0.2) is 0 Å². The Morgan fingerprint density at radius 3 is 2.65 bits per heavy atom. The summed E-state index contributed by atoms with van der Waals surface area (Å²) in [4.78, 5) is 36.3. The number of urea groups is 1. The second-order valence-corrected chi connectivity index (χ2v) is 4.94. The molecule has 0 radical (unpaired) electrons. The Morgan fingerprint density at radius 2 is 2.15 bits per heavy atom. The summed E-state index contributed by atoms with van der Waals surface area (Å²) in [5, 5.41) is 15.5. The monoisotopic (exact) mass is 280 g/mol. The van der Waals surface area contributed by atoms with E-state index in [4.69, 9.17) is 5.11 Å². The van der Waals surface area contributed by atoms with Crippen molar-refractivity contribution in [3.05, 3.63) is 17.5 Å². The van der Waals surface area contributed by atoms with Crippen molar-refractivity contribution in [1.29, 1.82) is 0 Å². The van der Waals surface area contributed by atoms with Gasteiger partial charge in [-0.3, -0.25) is 14.4 Å². The van der Waals surface area contributed by atoms with Crippen molar-refractivity contribution in [1.82, 2.24) is 20.0 Å². The number of nitrogens with one attached hydrogen (secondary N) is 1. The van der Waals surface area contributed by atoms with Crippen LogP contribution in [0.15, 0.2) is 6.20 Å². The number of hydrogen-bond donors (Lipinski definition) is 2. The van der Waals surface area contributed by atoms with E-state index in [0.717, 1.165) is 4.90 Å². The van der Waals surface area contributed by atoms with Crippen LogP contribution in [-0.2, 0) is 18.4 Å². The van der Waals surface area contributed by atoms with Gasteiger partial charge < -0.3 is 10.4 Å². The van der Waals surface area contributed by atoms with Gasteiger partial charge >= 0.3 is 12.0 Å². The summed E-state index contributed by atoms with van der Waals surface area (Å²) in [6.45, 7) is 3.33. The van der Waals surface area contributed by atoms with Crippen LogP contribution in [0.25, 0.3) is 0 Å². The Morgan fingerprint density at radius 1 is 1.50 bits per heavy atom. The number of rotatable bonds is 4. The number of aryl methyl sites for hydroxylation is 1. The van der Waals surface area contributed by atoms with Crippen LogP contribution in [0.5, 0.6) is 0 Å². The molecule has 1 aromatic heterocycles. The molecular formula is C12H16N4O4. The Bertz CT molecular complexity index is 594. The van der Waals surface area contributed by atoms with Crippen LogP contribution in [0.4, 0.5) is 4.79 Å². The Balaban J connectivity index is 2.32. The Hall–Kier alpha value is -2.38. The zero-order valence-electron chi connectivity index (χ0n) is 11.5. The van der Waals surface area contributed by atoms with Gasteiger partial charge in [-0.05, 0) is 13.3 Å². The van der Waals surface area contributed by atoms with E-state index < -0.39 is 17.5 Å².